The third-order valence-corrected chi connectivity index (χ3v) is 6.32. The number of para-hydroxylation sites is 1. The molecule has 0 bridgehead atoms. The molecular weight excluding hydrogens is 366 g/mol. The zero-order chi connectivity index (χ0) is 18.4. The molecule has 0 saturated carbocycles. The molecule has 0 unspecified atom stereocenters. The van der Waals surface area contributed by atoms with Gasteiger partial charge in [-0.15, -0.1) is 10.2 Å². The Balaban J connectivity index is 1.49. The van der Waals surface area contributed by atoms with Gasteiger partial charge in [0.15, 0.2) is 4.34 Å². The topological polar surface area (TPSA) is 61.4 Å². The number of amides is 1. The van der Waals surface area contributed by atoms with Crippen LogP contribution in [0.2, 0.25) is 0 Å². The molecule has 6 nitrogen and oxygen atoms in total. The van der Waals surface area contributed by atoms with E-state index >= 15 is 0 Å². The Kier molecular flexibility index (Phi) is 6.73. The Labute approximate surface area is 163 Å². The Hall–Kier alpha value is -1.80. The minimum Gasteiger partial charge on any atom is -0.368 e. The first kappa shape index (κ1) is 19.0. The number of anilines is 2. The Morgan fingerprint density at radius 2 is 1.96 bits per heavy atom. The molecule has 2 heterocycles. The molecule has 1 aromatic carbocycles. The van der Waals surface area contributed by atoms with Gasteiger partial charge < -0.3 is 15.1 Å². The molecular formula is C18H25N5OS2. The third-order valence-electron chi connectivity index (χ3n) is 4.27. The van der Waals surface area contributed by atoms with Crippen molar-refractivity contribution in [2.45, 2.75) is 29.9 Å². The molecule has 1 aromatic heterocycles. The average Bonchev–Trinajstić information content (AvgIpc) is 3.13. The van der Waals surface area contributed by atoms with Crippen LogP contribution in [0, 0.1) is 0 Å². The van der Waals surface area contributed by atoms with Crippen molar-refractivity contribution < 1.29 is 4.79 Å². The zero-order valence-corrected chi connectivity index (χ0v) is 16.9. The number of piperazine rings is 1. The van der Waals surface area contributed by atoms with Crippen molar-refractivity contribution in [1.29, 1.82) is 0 Å². The fourth-order valence-electron chi connectivity index (χ4n) is 2.84. The van der Waals surface area contributed by atoms with Crippen LogP contribution < -0.4 is 10.2 Å². The van der Waals surface area contributed by atoms with Crippen LogP contribution in [-0.2, 0) is 4.79 Å². The van der Waals surface area contributed by atoms with Gasteiger partial charge in [-0.2, -0.15) is 0 Å². The quantitative estimate of drug-likeness (QED) is 0.732. The van der Waals surface area contributed by atoms with Crippen LogP contribution in [0.1, 0.15) is 20.3 Å². The number of rotatable bonds is 7. The Bertz CT molecular complexity index is 701. The van der Waals surface area contributed by atoms with Gasteiger partial charge in [0.1, 0.15) is 0 Å². The molecule has 1 aliphatic heterocycles. The summed E-state index contributed by atoms with van der Waals surface area (Å²) in [6.07, 6.45) is 1.05. The van der Waals surface area contributed by atoms with Gasteiger partial charge in [-0.05, 0) is 25.5 Å². The zero-order valence-electron chi connectivity index (χ0n) is 15.2. The second-order valence-electron chi connectivity index (χ2n) is 6.21. The number of aromatic nitrogens is 2. The maximum absolute atomic E-state index is 12.8. The van der Waals surface area contributed by atoms with E-state index in [-0.39, 0.29) is 11.2 Å². The largest absolute Gasteiger partial charge is 0.368 e. The normalized spacial score (nSPS) is 15.8. The van der Waals surface area contributed by atoms with Gasteiger partial charge in [0.2, 0.25) is 11.0 Å². The predicted molar refractivity (Wildman–Crippen MR) is 109 cm³/mol. The highest BCUT2D eigenvalue weighted by molar-refractivity contribution is 8.02. The van der Waals surface area contributed by atoms with Crippen molar-refractivity contribution in [3.05, 3.63) is 30.3 Å². The number of benzene rings is 1. The summed E-state index contributed by atoms with van der Waals surface area (Å²) in [6.45, 7) is 8.22. The van der Waals surface area contributed by atoms with E-state index in [9.17, 15) is 4.79 Å². The standard InChI is InChI=1S/C18H25N5OS2/c1-3-9-19-17-20-21-18(26-17)25-14(2)16(24)23-12-10-22(11-13-23)15-7-5-4-6-8-15/h4-8,14H,3,9-13H2,1-2H3,(H,19,20)/t14-/m0/s1. The molecule has 1 fully saturated rings. The van der Waals surface area contributed by atoms with E-state index in [0.717, 1.165) is 48.6 Å². The number of carbonyl (C=O) groups is 1. The SMILES string of the molecule is CCCNc1nnc(S[C@@H](C)C(=O)N2CCN(c3ccccc3)CC2)s1. The molecule has 0 radical (unpaired) electrons. The van der Waals surface area contributed by atoms with E-state index in [1.807, 2.05) is 17.9 Å². The van der Waals surface area contributed by atoms with Gasteiger partial charge in [0.25, 0.3) is 0 Å². The van der Waals surface area contributed by atoms with Gasteiger partial charge in [0, 0.05) is 38.4 Å². The first-order valence-electron chi connectivity index (χ1n) is 9.00. The van der Waals surface area contributed by atoms with Crippen molar-refractivity contribution in [3.8, 4) is 0 Å². The van der Waals surface area contributed by atoms with Crippen LogP contribution in [0.4, 0.5) is 10.8 Å². The lowest BCUT2D eigenvalue weighted by Gasteiger charge is -2.37. The van der Waals surface area contributed by atoms with E-state index < -0.39 is 0 Å². The van der Waals surface area contributed by atoms with E-state index in [2.05, 4.69) is 51.6 Å². The molecule has 3 rings (SSSR count). The Morgan fingerprint density at radius 3 is 2.65 bits per heavy atom. The van der Waals surface area contributed by atoms with Gasteiger partial charge in [0.05, 0.1) is 5.25 Å². The van der Waals surface area contributed by atoms with Crippen LogP contribution in [-0.4, -0.2) is 59.0 Å². The van der Waals surface area contributed by atoms with Crippen molar-refractivity contribution in [2.24, 2.45) is 0 Å². The molecule has 1 atom stereocenters. The highest BCUT2D eigenvalue weighted by Gasteiger charge is 2.26. The molecule has 1 amide bonds. The second-order valence-corrected chi connectivity index (χ2v) is 8.77. The van der Waals surface area contributed by atoms with Gasteiger partial charge in [-0.3, -0.25) is 4.79 Å². The summed E-state index contributed by atoms with van der Waals surface area (Å²) in [5.74, 6) is 0.181. The van der Waals surface area contributed by atoms with Crippen LogP contribution in [0.3, 0.4) is 0 Å². The lowest BCUT2D eigenvalue weighted by Crippen LogP contribution is -2.50. The first-order chi connectivity index (χ1) is 12.7. The van der Waals surface area contributed by atoms with Crippen molar-refractivity contribution >= 4 is 39.8 Å². The summed E-state index contributed by atoms with van der Waals surface area (Å²) in [6, 6.07) is 10.4. The summed E-state index contributed by atoms with van der Waals surface area (Å²) in [7, 11) is 0. The minimum atomic E-state index is -0.148. The lowest BCUT2D eigenvalue weighted by atomic mass is 10.2. The first-order valence-corrected chi connectivity index (χ1v) is 10.7. The van der Waals surface area contributed by atoms with E-state index in [0.29, 0.717) is 0 Å². The van der Waals surface area contributed by atoms with E-state index in [1.54, 1.807) is 0 Å². The fourth-order valence-corrected chi connectivity index (χ4v) is 4.85. The van der Waals surface area contributed by atoms with Gasteiger partial charge in [-0.25, -0.2) is 0 Å². The monoisotopic (exact) mass is 391 g/mol. The summed E-state index contributed by atoms with van der Waals surface area (Å²) >= 11 is 3.01. The number of hydrogen-bond acceptors (Lipinski definition) is 7. The van der Waals surface area contributed by atoms with Crippen LogP contribution >= 0.6 is 23.1 Å². The summed E-state index contributed by atoms with van der Waals surface area (Å²) < 4.78 is 0.840. The molecule has 0 aliphatic carbocycles. The predicted octanol–water partition coefficient (Wildman–Crippen LogP) is 3.19. The summed E-state index contributed by atoms with van der Waals surface area (Å²) in [5.41, 5.74) is 1.22. The highest BCUT2D eigenvalue weighted by Crippen LogP contribution is 2.30. The molecule has 1 aliphatic rings. The highest BCUT2D eigenvalue weighted by atomic mass is 32.2. The van der Waals surface area contributed by atoms with Crippen molar-refractivity contribution in [2.75, 3.05) is 42.9 Å². The summed E-state index contributed by atoms with van der Waals surface area (Å²) in [5, 5.41) is 12.2. The smallest absolute Gasteiger partial charge is 0.235 e. The van der Waals surface area contributed by atoms with Crippen molar-refractivity contribution in [3.63, 3.8) is 0 Å². The number of nitrogens with one attached hydrogen (secondary N) is 1. The molecule has 8 heteroatoms. The van der Waals surface area contributed by atoms with E-state index in [1.165, 1.54) is 28.8 Å². The lowest BCUT2D eigenvalue weighted by molar-refractivity contribution is -0.130. The van der Waals surface area contributed by atoms with Crippen LogP contribution in [0.5, 0.6) is 0 Å². The molecule has 140 valence electrons. The number of thioether (sulfide) groups is 1. The summed E-state index contributed by atoms with van der Waals surface area (Å²) in [4.78, 5) is 17.0. The molecule has 1 saturated heterocycles. The average molecular weight is 392 g/mol. The van der Waals surface area contributed by atoms with E-state index in [4.69, 9.17) is 0 Å². The number of hydrogen-bond donors (Lipinski definition) is 1. The third kappa shape index (κ3) is 4.88. The van der Waals surface area contributed by atoms with Crippen LogP contribution in [0.25, 0.3) is 0 Å². The van der Waals surface area contributed by atoms with Gasteiger partial charge in [-0.1, -0.05) is 48.2 Å². The Morgan fingerprint density at radius 1 is 1.23 bits per heavy atom. The molecule has 2 aromatic rings. The number of carbonyl (C=O) groups excluding carboxylic acids is 1. The maximum Gasteiger partial charge on any atom is 0.235 e. The van der Waals surface area contributed by atoms with Gasteiger partial charge >= 0.3 is 0 Å². The maximum atomic E-state index is 12.8. The number of nitrogens with zero attached hydrogens (tertiary/aromatic N) is 4. The second kappa shape index (κ2) is 9.23. The minimum absolute atomic E-state index is 0.148. The molecule has 26 heavy (non-hydrogen) atoms. The van der Waals surface area contributed by atoms with Crippen LogP contribution in [0.15, 0.2) is 34.7 Å². The molecule has 1 N–H and O–H groups in total. The van der Waals surface area contributed by atoms with Crippen molar-refractivity contribution in [1.82, 2.24) is 15.1 Å². The molecule has 0 spiro atoms. The fraction of sp³-hybridized carbons (Fsp3) is 0.500.